The van der Waals surface area contributed by atoms with Crippen molar-refractivity contribution >= 4 is 23.6 Å². The predicted octanol–water partition coefficient (Wildman–Crippen LogP) is 3.35. The van der Waals surface area contributed by atoms with Crippen molar-refractivity contribution in [2.75, 3.05) is 0 Å². The van der Waals surface area contributed by atoms with E-state index in [0.29, 0.717) is 6.54 Å². The van der Waals surface area contributed by atoms with E-state index < -0.39 is 6.04 Å². The van der Waals surface area contributed by atoms with Crippen LogP contribution in [0.15, 0.2) is 54.6 Å². The Bertz CT molecular complexity index is 835. The van der Waals surface area contributed by atoms with Gasteiger partial charge in [0.05, 0.1) is 0 Å². The van der Waals surface area contributed by atoms with Gasteiger partial charge in [-0.05, 0) is 31.0 Å². The zero-order chi connectivity index (χ0) is 17.6. The van der Waals surface area contributed by atoms with Crippen LogP contribution >= 0.6 is 11.8 Å². The summed E-state index contributed by atoms with van der Waals surface area (Å²) in [4.78, 5) is 27.6. The molecule has 0 saturated carbocycles. The normalized spacial score (nSPS) is 23.3. The Kier molecular flexibility index (Phi) is 3.84. The van der Waals surface area contributed by atoms with Crippen molar-refractivity contribution in [2.24, 2.45) is 0 Å². The molecule has 2 atom stereocenters. The summed E-state index contributed by atoms with van der Waals surface area (Å²) in [6.07, 6.45) is 0. The van der Waals surface area contributed by atoms with Gasteiger partial charge < -0.3 is 10.2 Å². The number of amides is 2. The highest BCUT2D eigenvalue weighted by atomic mass is 32.2. The van der Waals surface area contributed by atoms with Crippen LogP contribution < -0.4 is 5.32 Å². The third-order valence-electron chi connectivity index (χ3n) is 4.85. The summed E-state index contributed by atoms with van der Waals surface area (Å²) < 4.78 is -0.339. The molecule has 0 unspecified atom stereocenters. The molecule has 1 fully saturated rings. The van der Waals surface area contributed by atoms with Crippen LogP contribution in [0.2, 0.25) is 0 Å². The maximum atomic E-state index is 13.0. The number of rotatable bonds is 3. The molecule has 2 heterocycles. The molecular formula is C20H20N2O2S. The van der Waals surface area contributed by atoms with E-state index in [1.54, 1.807) is 16.7 Å². The Morgan fingerprint density at radius 2 is 1.80 bits per heavy atom. The average Bonchev–Trinajstić information content (AvgIpc) is 3.04. The smallest absolute Gasteiger partial charge is 0.256 e. The van der Waals surface area contributed by atoms with Gasteiger partial charge in [0.15, 0.2) is 0 Å². The topological polar surface area (TPSA) is 49.4 Å². The molecule has 1 saturated heterocycles. The summed E-state index contributed by atoms with van der Waals surface area (Å²) >= 11 is 1.69. The molecule has 5 heteroatoms. The molecule has 2 amide bonds. The number of benzene rings is 2. The summed E-state index contributed by atoms with van der Waals surface area (Å²) in [6, 6.07) is 17.0. The lowest BCUT2D eigenvalue weighted by molar-refractivity contribution is -0.126. The molecule has 2 aromatic rings. The third-order valence-corrected chi connectivity index (χ3v) is 6.39. The number of carbonyl (C=O) groups is 2. The maximum Gasteiger partial charge on any atom is 0.256 e. The van der Waals surface area contributed by atoms with Gasteiger partial charge in [0.1, 0.15) is 11.4 Å². The largest absolute Gasteiger partial charge is 0.350 e. The van der Waals surface area contributed by atoms with Crippen molar-refractivity contribution < 1.29 is 9.59 Å². The van der Waals surface area contributed by atoms with Crippen molar-refractivity contribution in [3.8, 4) is 0 Å². The molecule has 2 aliphatic heterocycles. The van der Waals surface area contributed by atoms with Gasteiger partial charge in [-0.2, -0.15) is 0 Å². The standard InChI is InChI=1S/C20H20N2O2S/c1-20(2)16(17(23)21-12-13-8-4-3-5-9-13)22-18(24)14-10-6-7-11-15(14)19(22)25-20/h3-11,16,19H,12H2,1-2H3,(H,21,23)/t16-,19+/m1/s1. The minimum Gasteiger partial charge on any atom is -0.350 e. The molecule has 0 radical (unpaired) electrons. The first-order chi connectivity index (χ1) is 12.0. The fourth-order valence-corrected chi connectivity index (χ4v) is 5.27. The second-order valence-electron chi connectivity index (χ2n) is 6.98. The molecule has 0 aromatic heterocycles. The van der Waals surface area contributed by atoms with E-state index >= 15 is 0 Å². The molecule has 128 valence electrons. The number of hydrogen-bond acceptors (Lipinski definition) is 3. The molecule has 2 aliphatic rings. The van der Waals surface area contributed by atoms with Crippen molar-refractivity contribution in [1.82, 2.24) is 10.2 Å². The van der Waals surface area contributed by atoms with E-state index in [4.69, 9.17) is 0 Å². The number of hydrogen-bond donors (Lipinski definition) is 1. The zero-order valence-electron chi connectivity index (χ0n) is 14.2. The molecule has 0 bridgehead atoms. The van der Waals surface area contributed by atoms with E-state index in [0.717, 1.165) is 16.7 Å². The summed E-state index contributed by atoms with van der Waals surface area (Å²) in [5, 5.41) is 2.93. The average molecular weight is 352 g/mol. The van der Waals surface area contributed by atoms with Gasteiger partial charge in [0, 0.05) is 16.9 Å². The molecule has 2 aromatic carbocycles. The van der Waals surface area contributed by atoms with E-state index in [9.17, 15) is 9.59 Å². The first-order valence-corrected chi connectivity index (χ1v) is 9.28. The highest BCUT2D eigenvalue weighted by molar-refractivity contribution is 8.01. The van der Waals surface area contributed by atoms with Crippen LogP contribution in [0.25, 0.3) is 0 Å². The fraction of sp³-hybridized carbons (Fsp3) is 0.300. The second-order valence-corrected chi connectivity index (χ2v) is 8.71. The highest BCUT2D eigenvalue weighted by Crippen LogP contribution is 2.56. The molecule has 0 spiro atoms. The highest BCUT2D eigenvalue weighted by Gasteiger charge is 2.57. The molecular weight excluding hydrogens is 332 g/mol. The monoisotopic (exact) mass is 352 g/mol. The van der Waals surface area contributed by atoms with Crippen LogP contribution in [-0.4, -0.2) is 27.5 Å². The van der Waals surface area contributed by atoms with E-state index in [-0.39, 0.29) is 21.9 Å². The molecule has 1 N–H and O–H groups in total. The summed E-state index contributed by atoms with van der Waals surface area (Å²) in [6.45, 7) is 4.55. The maximum absolute atomic E-state index is 13.0. The van der Waals surface area contributed by atoms with Gasteiger partial charge in [-0.25, -0.2) is 0 Å². The van der Waals surface area contributed by atoms with Gasteiger partial charge in [-0.3, -0.25) is 9.59 Å². The second kappa shape index (κ2) is 5.92. The Hall–Kier alpha value is -2.27. The summed E-state index contributed by atoms with van der Waals surface area (Å²) in [5.41, 5.74) is 2.78. The quantitative estimate of drug-likeness (QED) is 0.922. The SMILES string of the molecule is CC1(C)S[C@H]2c3ccccc3C(=O)N2[C@@H]1C(=O)NCc1ccccc1. The third kappa shape index (κ3) is 2.63. The molecule has 4 nitrogen and oxygen atoms in total. The lowest BCUT2D eigenvalue weighted by Gasteiger charge is -2.29. The minimum atomic E-state index is -0.480. The Morgan fingerprint density at radius 1 is 1.12 bits per heavy atom. The van der Waals surface area contributed by atoms with Crippen LogP contribution in [0.5, 0.6) is 0 Å². The molecule has 4 rings (SSSR count). The lowest BCUT2D eigenvalue weighted by atomic mass is 10.0. The summed E-state index contributed by atoms with van der Waals surface area (Å²) in [5.74, 6) is -0.136. The number of thioether (sulfide) groups is 1. The number of fused-ring (bicyclic) bond motifs is 3. The Morgan fingerprint density at radius 3 is 2.56 bits per heavy atom. The molecule has 25 heavy (non-hydrogen) atoms. The molecule has 0 aliphatic carbocycles. The van der Waals surface area contributed by atoms with Crippen LogP contribution in [0.1, 0.15) is 40.7 Å². The first-order valence-electron chi connectivity index (χ1n) is 8.40. The van der Waals surface area contributed by atoms with Crippen molar-refractivity contribution in [1.29, 1.82) is 0 Å². The van der Waals surface area contributed by atoms with Crippen molar-refractivity contribution in [2.45, 2.75) is 36.6 Å². The Balaban J connectivity index is 1.59. The van der Waals surface area contributed by atoms with Crippen LogP contribution in [0.3, 0.4) is 0 Å². The van der Waals surface area contributed by atoms with Crippen LogP contribution in [-0.2, 0) is 11.3 Å². The summed E-state index contributed by atoms with van der Waals surface area (Å²) in [7, 11) is 0. The number of nitrogens with zero attached hydrogens (tertiary/aromatic N) is 1. The van der Waals surface area contributed by atoms with Gasteiger partial charge in [0.25, 0.3) is 5.91 Å². The van der Waals surface area contributed by atoms with Crippen LogP contribution in [0.4, 0.5) is 0 Å². The van der Waals surface area contributed by atoms with Crippen molar-refractivity contribution in [3.63, 3.8) is 0 Å². The van der Waals surface area contributed by atoms with Crippen LogP contribution in [0, 0.1) is 0 Å². The Labute approximate surface area is 151 Å². The van der Waals surface area contributed by atoms with Gasteiger partial charge in [0.2, 0.25) is 5.91 Å². The first kappa shape index (κ1) is 16.2. The lowest BCUT2D eigenvalue weighted by Crippen LogP contribution is -2.52. The predicted molar refractivity (Wildman–Crippen MR) is 99.1 cm³/mol. The van der Waals surface area contributed by atoms with Gasteiger partial charge >= 0.3 is 0 Å². The van der Waals surface area contributed by atoms with Gasteiger partial charge in [-0.1, -0.05) is 48.5 Å². The fourth-order valence-electron chi connectivity index (χ4n) is 3.69. The van der Waals surface area contributed by atoms with Gasteiger partial charge in [-0.15, -0.1) is 11.8 Å². The van der Waals surface area contributed by atoms with E-state index in [1.807, 2.05) is 68.4 Å². The zero-order valence-corrected chi connectivity index (χ0v) is 15.0. The number of nitrogens with one attached hydrogen (secondary N) is 1. The van der Waals surface area contributed by atoms with E-state index in [2.05, 4.69) is 5.32 Å². The number of carbonyl (C=O) groups excluding carboxylic acids is 2. The minimum absolute atomic E-state index is 0.0430. The van der Waals surface area contributed by atoms with Crippen molar-refractivity contribution in [3.05, 3.63) is 71.3 Å². The van der Waals surface area contributed by atoms with E-state index in [1.165, 1.54) is 0 Å².